The maximum absolute atomic E-state index is 11.9. The lowest BCUT2D eigenvalue weighted by atomic mass is 10.5. The van der Waals surface area contributed by atoms with Gasteiger partial charge in [0.05, 0.1) is 6.61 Å². The number of aromatic nitrogens is 3. The Kier molecular flexibility index (Phi) is 4.62. The molecule has 0 saturated carbocycles. The van der Waals surface area contributed by atoms with Gasteiger partial charge < -0.3 is 15.2 Å². The fraction of sp³-hybridized carbons (Fsp3) is 0.625. The van der Waals surface area contributed by atoms with E-state index >= 15 is 0 Å². The summed E-state index contributed by atoms with van der Waals surface area (Å²) in [5.74, 6) is -0.134. The normalized spacial score (nSPS) is 10.5. The van der Waals surface area contributed by atoms with Crippen LogP contribution < -0.4 is 15.2 Å². The summed E-state index contributed by atoms with van der Waals surface area (Å²) in [6, 6.07) is -0.294. The number of anilines is 1. The fourth-order valence-electron chi connectivity index (χ4n) is 0.813. The maximum atomic E-state index is 11.9. The molecule has 0 unspecified atom stereocenters. The molecule has 1 rings (SSSR count). The molecule has 90 valence electrons. The Hall–Kier alpha value is -1.73. The molecule has 0 aromatic carbocycles. The summed E-state index contributed by atoms with van der Waals surface area (Å²) in [6.07, 6.45) is -1.84. The van der Waals surface area contributed by atoms with Gasteiger partial charge in [-0.1, -0.05) is 6.92 Å². The zero-order chi connectivity index (χ0) is 12.0. The third kappa shape index (κ3) is 4.20. The van der Waals surface area contributed by atoms with Gasteiger partial charge in [0, 0.05) is 0 Å². The molecule has 1 heterocycles. The second-order valence-corrected chi connectivity index (χ2v) is 2.81. The summed E-state index contributed by atoms with van der Waals surface area (Å²) in [6.45, 7) is 1.51. The Morgan fingerprint density at radius 1 is 1.19 bits per heavy atom. The monoisotopic (exact) mass is 234 g/mol. The SMILES string of the molecule is CCCOc1nc(N)nc(OCC(F)F)n1. The van der Waals surface area contributed by atoms with Gasteiger partial charge in [-0.05, 0) is 6.42 Å². The number of ether oxygens (including phenoxy) is 2. The highest BCUT2D eigenvalue weighted by Crippen LogP contribution is 2.11. The maximum Gasteiger partial charge on any atom is 0.324 e. The van der Waals surface area contributed by atoms with Gasteiger partial charge in [0.1, 0.15) is 0 Å². The first-order chi connectivity index (χ1) is 7.61. The van der Waals surface area contributed by atoms with Crippen molar-refractivity contribution in [1.29, 1.82) is 0 Å². The number of nitrogens with zero attached hydrogens (tertiary/aromatic N) is 3. The molecule has 0 saturated heterocycles. The van der Waals surface area contributed by atoms with Crippen LogP contribution in [0.25, 0.3) is 0 Å². The number of nitrogens with two attached hydrogens (primary N) is 1. The van der Waals surface area contributed by atoms with Crippen molar-refractivity contribution in [3.63, 3.8) is 0 Å². The fourth-order valence-corrected chi connectivity index (χ4v) is 0.813. The molecular weight excluding hydrogens is 222 g/mol. The third-order valence-corrected chi connectivity index (χ3v) is 1.39. The van der Waals surface area contributed by atoms with E-state index in [-0.39, 0.29) is 18.0 Å². The lowest BCUT2D eigenvalue weighted by molar-refractivity contribution is 0.0763. The van der Waals surface area contributed by atoms with Crippen molar-refractivity contribution in [1.82, 2.24) is 15.0 Å². The van der Waals surface area contributed by atoms with E-state index in [1.807, 2.05) is 6.92 Å². The largest absolute Gasteiger partial charge is 0.463 e. The van der Waals surface area contributed by atoms with Crippen molar-refractivity contribution >= 4 is 5.95 Å². The van der Waals surface area contributed by atoms with E-state index < -0.39 is 13.0 Å². The zero-order valence-electron chi connectivity index (χ0n) is 8.69. The van der Waals surface area contributed by atoms with Gasteiger partial charge in [-0.2, -0.15) is 9.97 Å². The van der Waals surface area contributed by atoms with E-state index in [4.69, 9.17) is 10.5 Å². The van der Waals surface area contributed by atoms with Crippen molar-refractivity contribution in [2.45, 2.75) is 19.8 Å². The first-order valence-electron chi connectivity index (χ1n) is 4.67. The Labute approximate surface area is 90.8 Å². The summed E-state index contributed by atoms with van der Waals surface area (Å²) in [5, 5.41) is 0. The molecular formula is C8H12F2N4O2. The average molecular weight is 234 g/mol. The molecule has 2 N–H and O–H groups in total. The Balaban J connectivity index is 2.65. The van der Waals surface area contributed by atoms with Crippen LogP contribution in [0.15, 0.2) is 0 Å². The molecule has 16 heavy (non-hydrogen) atoms. The first-order valence-corrected chi connectivity index (χ1v) is 4.67. The minimum absolute atomic E-state index is 0.0291. The molecule has 6 nitrogen and oxygen atoms in total. The molecule has 0 amide bonds. The Bertz CT molecular complexity index is 338. The molecule has 0 spiro atoms. The van der Waals surface area contributed by atoms with E-state index in [2.05, 4.69) is 19.7 Å². The third-order valence-electron chi connectivity index (χ3n) is 1.39. The molecule has 0 atom stereocenters. The van der Waals surface area contributed by atoms with Gasteiger partial charge in [-0.15, -0.1) is 4.98 Å². The van der Waals surface area contributed by atoms with Gasteiger partial charge in [0.15, 0.2) is 6.61 Å². The second-order valence-electron chi connectivity index (χ2n) is 2.81. The standard InChI is InChI=1S/C8H12F2N4O2/c1-2-3-15-7-12-6(11)13-8(14-7)16-4-5(9)10/h5H,2-4H2,1H3,(H2,11,12,13,14). The predicted octanol–water partition coefficient (Wildman–Crippen LogP) is 0.886. The van der Waals surface area contributed by atoms with Crippen LogP contribution in [0.3, 0.4) is 0 Å². The average Bonchev–Trinajstić information content (AvgIpc) is 2.23. The van der Waals surface area contributed by atoms with Crippen molar-refractivity contribution in [3.05, 3.63) is 0 Å². The van der Waals surface area contributed by atoms with Crippen LogP contribution in [0.4, 0.5) is 14.7 Å². The van der Waals surface area contributed by atoms with Gasteiger partial charge in [-0.25, -0.2) is 8.78 Å². The predicted molar refractivity (Wildman–Crippen MR) is 51.5 cm³/mol. The highest BCUT2D eigenvalue weighted by Gasteiger charge is 2.09. The summed E-state index contributed by atoms with van der Waals surface area (Å²) < 4.78 is 33.4. The van der Waals surface area contributed by atoms with Gasteiger partial charge in [0.25, 0.3) is 6.43 Å². The van der Waals surface area contributed by atoms with Crippen molar-refractivity contribution in [2.75, 3.05) is 18.9 Å². The molecule has 8 heteroatoms. The van der Waals surface area contributed by atoms with Crippen LogP contribution >= 0.6 is 0 Å². The summed E-state index contributed by atoms with van der Waals surface area (Å²) >= 11 is 0. The first kappa shape index (κ1) is 12.3. The molecule has 0 radical (unpaired) electrons. The minimum atomic E-state index is -2.60. The van der Waals surface area contributed by atoms with Crippen LogP contribution in [0.2, 0.25) is 0 Å². The second kappa shape index (κ2) is 5.99. The minimum Gasteiger partial charge on any atom is -0.463 e. The van der Waals surface area contributed by atoms with Crippen LogP contribution in [0, 0.1) is 0 Å². The van der Waals surface area contributed by atoms with E-state index in [1.165, 1.54) is 0 Å². The number of rotatable bonds is 6. The molecule has 1 aromatic rings. The summed E-state index contributed by atoms with van der Waals surface area (Å²) in [5.41, 5.74) is 5.33. The highest BCUT2D eigenvalue weighted by atomic mass is 19.3. The van der Waals surface area contributed by atoms with E-state index in [9.17, 15) is 8.78 Å². The van der Waals surface area contributed by atoms with Crippen molar-refractivity contribution < 1.29 is 18.3 Å². The van der Waals surface area contributed by atoms with Crippen LogP contribution in [-0.4, -0.2) is 34.6 Å². The zero-order valence-corrected chi connectivity index (χ0v) is 8.69. The molecule has 0 fully saturated rings. The van der Waals surface area contributed by atoms with E-state index in [1.54, 1.807) is 0 Å². The van der Waals surface area contributed by atoms with Crippen LogP contribution in [0.5, 0.6) is 12.0 Å². The quantitative estimate of drug-likeness (QED) is 0.786. The van der Waals surface area contributed by atoms with Crippen molar-refractivity contribution in [2.24, 2.45) is 0 Å². The van der Waals surface area contributed by atoms with Crippen LogP contribution in [-0.2, 0) is 0 Å². The molecule has 0 bridgehead atoms. The summed E-state index contributed by atoms with van der Waals surface area (Å²) in [4.78, 5) is 10.9. The summed E-state index contributed by atoms with van der Waals surface area (Å²) in [7, 11) is 0. The number of nitrogen functional groups attached to an aromatic ring is 1. The van der Waals surface area contributed by atoms with Gasteiger partial charge >= 0.3 is 12.0 Å². The number of hydrogen-bond donors (Lipinski definition) is 1. The van der Waals surface area contributed by atoms with E-state index in [0.29, 0.717) is 6.61 Å². The van der Waals surface area contributed by atoms with Crippen LogP contribution in [0.1, 0.15) is 13.3 Å². The highest BCUT2D eigenvalue weighted by molar-refractivity contribution is 5.20. The smallest absolute Gasteiger partial charge is 0.324 e. The van der Waals surface area contributed by atoms with Gasteiger partial charge in [0.2, 0.25) is 5.95 Å². The topological polar surface area (TPSA) is 83.2 Å². The number of hydrogen-bond acceptors (Lipinski definition) is 6. The van der Waals surface area contributed by atoms with Gasteiger partial charge in [-0.3, -0.25) is 0 Å². The molecule has 1 aromatic heterocycles. The molecule has 0 aliphatic carbocycles. The Morgan fingerprint density at radius 3 is 2.38 bits per heavy atom. The number of halogens is 2. The Morgan fingerprint density at radius 2 is 1.81 bits per heavy atom. The van der Waals surface area contributed by atoms with Crippen molar-refractivity contribution in [3.8, 4) is 12.0 Å². The lowest BCUT2D eigenvalue weighted by Gasteiger charge is -2.06. The van der Waals surface area contributed by atoms with E-state index in [0.717, 1.165) is 6.42 Å². The lowest BCUT2D eigenvalue weighted by Crippen LogP contribution is -2.12. The number of alkyl halides is 2. The molecule has 0 aliphatic heterocycles. The molecule has 0 aliphatic rings.